The lowest BCUT2D eigenvalue weighted by atomic mass is 10.1. The number of thiazole rings is 1. The lowest BCUT2D eigenvalue weighted by molar-refractivity contribution is 0.309. The fourth-order valence-electron chi connectivity index (χ4n) is 2.40. The van der Waals surface area contributed by atoms with Crippen molar-refractivity contribution in [2.45, 2.75) is 6.92 Å². The van der Waals surface area contributed by atoms with Crippen LogP contribution in [0.3, 0.4) is 0 Å². The van der Waals surface area contributed by atoms with Gasteiger partial charge in [0.1, 0.15) is 11.1 Å². The number of para-hydroxylation sites is 1. The Hall–Kier alpha value is -2.36. The Balaban J connectivity index is 2.05. The number of ether oxygens (including phenoxy) is 2. The Morgan fingerprint density at radius 2 is 2.16 bits per heavy atom. The third kappa shape index (κ3) is 3.68. The van der Waals surface area contributed by atoms with Crippen LogP contribution in [0.2, 0.25) is 0 Å². The number of nitriles is 1. The van der Waals surface area contributed by atoms with Crippen LogP contribution in [0, 0.1) is 11.3 Å². The molecule has 0 aliphatic rings. The van der Waals surface area contributed by atoms with Gasteiger partial charge in [0.05, 0.1) is 34.0 Å². The number of benzene rings is 2. The number of allylic oxidation sites excluding steroid dienone is 1. The van der Waals surface area contributed by atoms with Gasteiger partial charge in [-0.25, -0.2) is 4.98 Å². The minimum atomic E-state index is 0.513. The molecule has 0 saturated carbocycles. The Morgan fingerprint density at radius 1 is 1.36 bits per heavy atom. The molecule has 4 nitrogen and oxygen atoms in total. The van der Waals surface area contributed by atoms with Crippen LogP contribution >= 0.6 is 27.3 Å². The molecule has 0 aliphatic carbocycles. The Kier molecular flexibility index (Phi) is 5.37. The molecular weight excluding hydrogens is 400 g/mol. The number of fused-ring (bicyclic) bond motifs is 1. The second kappa shape index (κ2) is 7.68. The number of methoxy groups -OCH3 is 1. The standard InChI is InChI=1S/C19H15BrN2O2S/c1-3-24-18-14(20)9-12(10-16(18)23-2)8-13(11-21)19-22-15-6-4-5-7-17(15)25-19/h4-10H,3H2,1-2H3/b13-8-. The van der Waals surface area contributed by atoms with E-state index in [1.807, 2.05) is 43.3 Å². The van der Waals surface area contributed by atoms with Crippen molar-refractivity contribution in [2.24, 2.45) is 0 Å². The highest BCUT2D eigenvalue weighted by Gasteiger charge is 2.13. The number of hydrogen-bond donors (Lipinski definition) is 0. The summed E-state index contributed by atoms with van der Waals surface area (Å²) in [4.78, 5) is 4.55. The summed E-state index contributed by atoms with van der Waals surface area (Å²) in [5, 5.41) is 10.3. The summed E-state index contributed by atoms with van der Waals surface area (Å²) >= 11 is 5.01. The maximum Gasteiger partial charge on any atom is 0.175 e. The summed E-state index contributed by atoms with van der Waals surface area (Å²) in [6.07, 6.45) is 1.81. The zero-order chi connectivity index (χ0) is 17.8. The predicted octanol–water partition coefficient (Wildman–Crippen LogP) is 5.53. The highest BCUT2D eigenvalue weighted by molar-refractivity contribution is 9.10. The largest absolute Gasteiger partial charge is 0.493 e. The van der Waals surface area contributed by atoms with Crippen LogP contribution in [-0.2, 0) is 0 Å². The van der Waals surface area contributed by atoms with Crippen LogP contribution < -0.4 is 9.47 Å². The normalized spacial score (nSPS) is 11.4. The van der Waals surface area contributed by atoms with Crippen LogP contribution in [0.5, 0.6) is 11.5 Å². The van der Waals surface area contributed by atoms with E-state index in [1.54, 1.807) is 13.2 Å². The van der Waals surface area contributed by atoms with E-state index in [2.05, 4.69) is 27.0 Å². The van der Waals surface area contributed by atoms with Gasteiger partial charge in [0.15, 0.2) is 11.5 Å². The Bertz CT molecular complexity index is 956. The first-order valence-corrected chi connectivity index (χ1v) is 9.25. The minimum Gasteiger partial charge on any atom is -0.493 e. The number of nitrogens with zero attached hydrogens (tertiary/aromatic N) is 2. The van der Waals surface area contributed by atoms with Crippen molar-refractivity contribution in [1.82, 2.24) is 4.98 Å². The molecule has 0 bridgehead atoms. The van der Waals surface area contributed by atoms with Gasteiger partial charge >= 0.3 is 0 Å². The molecule has 0 aliphatic heterocycles. The number of aromatic nitrogens is 1. The van der Waals surface area contributed by atoms with Crippen LogP contribution in [0.15, 0.2) is 40.9 Å². The zero-order valence-corrected chi connectivity index (χ0v) is 16.1. The van der Waals surface area contributed by atoms with Crippen LogP contribution in [0.25, 0.3) is 21.9 Å². The van der Waals surface area contributed by atoms with Crippen LogP contribution in [-0.4, -0.2) is 18.7 Å². The maximum atomic E-state index is 9.58. The molecule has 0 N–H and O–H groups in total. The predicted molar refractivity (Wildman–Crippen MR) is 105 cm³/mol. The molecule has 6 heteroatoms. The van der Waals surface area contributed by atoms with Gasteiger partial charge in [0.25, 0.3) is 0 Å². The van der Waals surface area contributed by atoms with Crippen molar-refractivity contribution < 1.29 is 9.47 Å². The van der Waals surface area contributed by atoms with Crippen molar-refractivity contribution >= 4 is 49.1 Å². The molecule has 3 rings (SSSR count). The molecule has 0 fully saturated rings. The van der Waals surface area contributed by atoms with Gasteiger partial charge < -0.3 is 9.47 Å². The van der Waals surface area contributed by atoms with Crippen molar-refractivity contribution in [3.8, 4) is 17.6 Å². The molecule has 0 amide bonds. The molecule has 0 radical (unpaired) electrons. The van der Waals surface area contributed by atoms with Crippen LogP contribution in [0.1, 0.15) is 17.5 Å². The fourth-order valence-corrected chi connectivity index (χ4v) is 3.91. The summed E-state index contributed by atoms with van der Waals surface area (Å²) in [6.45, 7) is 2.46. The molecule has 1 heterocycles. The third-order valence-corrected chi connectivity index (χ3v) is 5.15. The average Bonchev–Trinajstić information content (AvgIpc) is 3.05. The molecule has 2 aromatic carbocycles. The molecule has 3 aromatic rings. The summed E-state index contributed by atoms with van der Waals surface area (Å²) in [5.74, 6) is 1.27. The zero-order valence-electron chi connectivity index (χ0n) is 13.7. The van der Waals surface area contributed by atoms with E-state index in [-0.39, 0.29) is 0 Å². The molecule has 0 atom stereocenters. The topological polar surface area (TPSA) is 55.1 Å². The third-order valence-electron chi connectivity index (χ3n) is 3.50. The molecule has 0 saturated heterocycles. The van der Waals surface area contributed by atoms with Gasteiger partial charge in [-0.1, -0.05) is 12.1 Å². The SMILES string of the molecule is CCOc1c(Br)cc(/C=C(/C#N)c2nc3ccccc3s2)cc1OC. The molecule has 1 aromatic heterocycles. The number of halogens is 1. The van der Waals surface area contributed by atoms with E-state index in [1.165, 1.54) is 11.3 Å². The van der Waals surface area contributed by atoms with Crippen molar-refractivity contribution in [3.05, 3.63) is 51.4 Å². The lowest BCUT2D eigenvalue weighted by Gasteiger charge is -2.12. The highest BCUT2D eigenvalue weighted by atomic mass is 79.9. The molecule has 0 unspecified atom stereocenters. The van der Waals surface area contributed by atoms with Gasteiger partial charge in [0, 0.05) is 0 Å². The van der Waals surface area contributed by atoms with E-state index in [0.717, 1.165) is 20.3 Å². The van der Waals surface area contributed by atoms with Gasteiger partial charge in [-0.05, 0) is 58.8 Å². The molecular formula is C19H15BrN2O2S. The summed E-state index contributed by atoms with van der Waals surface area (Å²) in [7, 11) is 1.59. The van der Waals surface area contributed by atoms with Crippen molar-refractivity contribution in [2.75, 3.05) is 13.7 Å². The first-order chi connectivity index (χ1) is 12.2. The van der Waals surface area contributed by atoms with E-state index in [4.69, 9.17) is 9.47 Å². The van der Waals surface area contributed by atoms with Crippen LogP contribution in [0.4, 0.5) is 0 Å². The monoisotopic (exact) mass is 414 g/mol. The molecule has 126 valence electrons. The second-order valence-corrected chi connectivity index (χ2v) is 7.01. The minimum absolute atomic E-state index is 0.513. The van der Waals surface area contributed by atoms with Gasteiger partial charge in [-0.2, -0.15) is 5.26 Å². The van der Waals surface area contributed by atoms with Gasteiger partial charge in [-0.3, -0.25) is 0 Å². The number of rotatable bonds is 5. The summed E-state index contributed by atoms with van der Waals surface area (Å²) in [5.41, 5.74) is 2.25. The average molecular weight is 415 g/mol. The van der Waals surface area contributed by atoms with Crippen molar-refractivity contribution in [1.29, 1.82) is 5.26 Å². The van der Waals surface area contributed by atoms with Crippen molar-refractivity contribution in [3.63, 3.8) is 0 Å². The summed E-state index contributed by atoms with van der Waals surface area (Å²) in [6, 6.07) is 13.8. The van der Waals surface area contributed by atoms with Gasteiger partial charge in [-0.15, -0.1) is 11.3 Å². The Labute approximate surface area is 158 Å². The first kappa shape index (κ1) is 17.5. The van der Waals surface area contributed by atoms with E-state index >= 15 is 0 Å². The Morgan fingerprint density at radius 3 is 2.84 bits per heavy atom. The maximum absolute atomic E-state index is 9.58. The van der Waals surface area contributed by atoms with Gasteiger partial charge in [0.2, 0.25) is 0 Å². The highest BCUT2D eigenvalue weighted by Crippen LogP contribution is 2.38. The van der Waals surface area contributed by atoms with E-state index < -0.39 is 0 Å². The van der Waals surface area contributed by atoms with E-state index in [9.17, 15) is 5.26 Å². The summed E-state index contributed by atoms with van der Waals surface area (Å²) < 4.78 is 12.8. The quantitative estimate of drug-likeness (QED) is 0.514. The second-order valence-electron chi connectivity index (χ2n) is 5.12. The lowest BCUT2D eigenvalue weighted by Crippen LogP contribution is -1.97. The first-order valence-electron chi connectivity index (χ1n) is 7.64. The number of hydrogen-bond acceptors (Lipinski definition) is 5. The van der Waals surface area contributed by atoms with E-state index in [0.29, 0.717) is 28.7 Å². The molecule has 25 heavy (non-hydrogen) atoms. The fraction of sp³-hybridized carbons (Fsp3) is 0.158. The molecule has 0 spiro atoms. The smallest absolute Gasteiger partial charge is 0.175 e.